The van der Waals surface area contributed by atoms with Gasteiger partial charge in [-0.15, -0.1) is 0 Å². The lowest BCUT2D eigenvalue weighted by atomic mass is 10.1. The van der Waals surface area contributed by atoms with Crippen LogP contribution in [-0.2, 0) is 19.6 Å². The molecule has 0 spiro atoms. The minimum absolute atomic E-state index is 0.138. The third-order valence-electron chi connectivity index (χ3n) is 4.88. The number of carbonyl (C=O) groups excluding carboxylic acids is 2. The van der Waals surface area contributed by atoms with Crippen molar-refractivity contribution in [3.05, 3.63) is 58.7 Å². The topological polar surface area (TPSA) is 92.8 Å². The van der Waals surface area contributed by atoms with E-state index >= 15 is 0 Å². The Bertz CT molecular complexity index is 1050. The Labute approximate surface area is 178 Å². The van der Waals surface area contributed by atoms with E-state index in [0.29, 0.717) is 23.4 Å². The number of ether oxygens (including phenoxy) is 1. The molecule has 2 aromatic rings. The van der Waals surface area contributed by atoms with Gasteiger partial charge in [0, 0.05) is 18.7 Å². The molecule has 0 heterocycles. The Kier molecular flexibility index (Phi) is 7.61. The van der Waals surface area contributed by atoms with Gasteiger partial charge in [0.1, 0.15) is 0 Å². The second kappa shape index (κ2) is 9.75. The minimum Gasteiger partial charge on any atom is -0.465 e. The summed E-state index contributed by atoms with van der Waals surface area (Å²) < 4.78 is 30.5. The number of nitrogens with zero attached hydrogens (tertiary/aromatic N) is 1. The van der Waals surface area contributed by atoms with Gasteiger partial charge >= 0.3 is 5.97 Å². The van der Waals surface area contributed by atoms with Gasteiger partial charge < -0.3 is 10.1 Å². The molecule has 0 radical (unpaired) electrons. The second-order valence-corrected chi connectivity index (χ2v) is 9.18. The van der Waals surface area contributed by atoms with Gasteiger partial charge in [-0.25, -0.2) is 13.2 Å². The molecular formula is C22H28N2O5S. The molecule has 8 heteroatoms. The molecule has 2 aromatic carbocycles. The summed E-state index contributed by atoms with van der Waals surface area (Å²) in [7, 11) is -2.18. The molecular weight excluding hydrogens is 404 g/mol. The minimum atomic E-state index is -3.48. The molecule has 0 saturated carbocycles. The molecule has 0 aromatic heterocycles. The number of hydrogen-bond donors (Lipinski definition) is 1. The van der Waals surface area contributed by atoms with Crippen molar-refractivity contribution in [2.45, 2.75) is 33.6 Å². The average Bonchev–Trinajstić information content (AvgIpc) is 2.67. The molecule has 1 N–H and O–H groups in total. The predicted octanol–water partition coefficient (Wildman–Crippen LogP) is 3.58. The average molecular weight is 433 g/mol. The number of rotatable bonds is 8. The van der Waals surface area contributed by atoms with Gasteiger partial charge in [-0.3, -0.25) is 9.10 Å². The largest absolute Gasteiger partial charge is 0.465 e. The molecule has 0 bridgehead atoms. The summed E-state index contributed by atoms with van der Waals surface area (Å²) in [5.41, 5.74) is 4.34. The fraction of sp³-hybridized carbons (Fsp3) is 0.364. The Morgan fingerprint density at radius 1 is 1.00 bits per heavy atom. The van der Waals surface area contributed by atoms with Crippen LogP contribution in [0.15, 0.2) is 36.4 Å². The summed E-state index contributed by atoms with van der Waals surface area (Å²) >= 11 is 0. The van der Waals surface area contributed by atoms with E-state index in [9.17, 15) is 18.0 Å². The van der Waals surface area contributed by atoms with Crippen LogP contribution in [0.5, 0.6) is 0 Å². The van der Waals surface area contributed by atoms with Crippen LogP contribution in [0.1, 0.15) is 39.9 Å². The van der Waals surface area contributed by atoms with Crippen molar-refractivity contribution >= 4 is 33.3 Å². The normalized spacial score (nSPS) is 11.1. The number of anilines is 2. The number of amides is 1. The van der Waals surface area contributed by atoms with Crippen LogP contribution >= 0.6 is 0 Å². The first-order valence-electron chi connectivity index (χ1n) is 9.56. The number of hydrogen-bond acceptors (Lipinski definition) is 5. The van der Waals surface area contributed by atoms with Crippen molar-refractivity contribution in [2.75, 3.05) is 29.5 Å². The first-order chi connectivity index (χ1) is 14.0. The molecule has 162 valence electrons. The van der Waals surface area contributed by atoms with Gasteiger partial charge in [0.2, 0.25) is 15.9 Å². The summed E-state index contributed by atoms with van der Waals surface area (Å²) in [6.45, 7) is 5.90. The summed E-state index contributed by atoms with van der Waals surface area (Å²) in [4.78, 5) is 24.1. The first kappa shape index (κ1) is 23.4. The number of sulfonamides is 1. The lowest BCUT2D eigenvalue weighted by molar-refractivity contribution is -0.116. The Balaban J connectivity index is 2.04. The SMILES string of the molecule is COC(=O)c1ccc(C)c(NC(=O)CCCN(c2ccc(C)c(C)c2)S(C)(=O)=O)c1. The Hall–Kier alpha value is -2.87. The van der Waals surface area contributed by atoms with Gasteiger partial charge in [0.05, 0.1) is 24.6 Å². The van der Waals surface area contributed by atoms with E-state index in [-0.39, 0.29) is 18.9 Å². The molecule has 0 unspecified atom stereocenters. The van der Waals surface area contributed by atoms with E-state index in [1.54, 1.807) is 24.3 Å². The molecule has 7 nitrogen and oxygen atoms in total. The molecule has 0 fully saturated rings. The van der Waals surface area contributed by atoms with Crippen LogP contribution in [0, 0.1) is 20.8 Å². The Morgan fingerprint density at radius 2 is 1.67 bits per heavy atom. The maximum Gasteiger partial charge on any atom is 0.337 e. The van der Waals surface area contributed by atoms with E-state index in [2.05, 4.69) is 5.32 Å². The number of esters is 1. The molecule has 0 saturated heterocycles. The summed E-state index contributed by atoms with van der Waals surface area (Å²) in [6.07, 6.45) is 1.64. The van der Waals surface area contributed by atoms with E-state index in [0.717, 1.165) is 22.9 Å². The van der Waals surface area contributed by atoms with Gasteiger partial charge in [-0.2, -0.15) is 0 Å². The summed E-state index contributed by atoms with van der Waals surface area (Å²) in [5.74, 6) is -0.740. The van der Waals surface area contributed by atoms with Crippen molar-refractivity contribution in [1.29, 1.82) is 0 Å². The monoisotopic (exact) mass is 432 g/mol. The zero-order valence-corrected chi connectivity index (χ0v) is 18.8. The highest BCUT2D eigenvalue weighted by Gasteiger charge is 2.18. The number of benzene rings is 2. The molecule has 0 aliphatic rings. The van der Waals surface area contributed by atoms with Crippen molar-refractivity contribution in [3.8, 4) is 0 Å². The lowest BCUT2D eigenvalue weighted by Gasteiger charge is -2.23. The molecule has 0 atom stereocenters. The number of carbonyl (C=O) groups is 2. The van der Waals surface area contributed by atoms with Crippen molar-refractivity contribution in [3.63, 3.8) is 0 Å². The van der Waals surface area contributed by atoms with E-state index < -0.39 is 16.0 Å². The molecule has 1 amide bonds. The third kappa shape index (κ3) is 6.06. The summed E-state index contributed by atoms with van der Waals surface area (Å²) in [6, 6.07) is 10.4. The van der Waals surface area contributed by atoms with Crippen molar-refractivity contribution < 1.29 is 22.7 Å². The van der Waals surface area contributed by atoms with Gasteiger partial charge in [0.25, 0.3) is 0 Å². The maximum absolute atomic E-state index is 12.4. The number of nitrogens with one attached hydrogen (secondary N) is 1. The number of methoxy groups -OCH3 is 1. The zero-order valence-electron chi connectivity index (χ0n) is 18.0. The maximum atomic E-state index is 12.4. The van der Waals surface area contributed by atoms with Crippen LogP contribution in [0.2, 0.25) is 0 Å². The van der Waals surface area contributed by atoms with E-state index in [4.69, 9.17) is 4.74 Å². The Morgan fingerprint density at radius 3 is 2.27 bits per heavy atom. The van der Waals surface area contributed by atoms with Crippen LogP contribution in [0.4, 0.5) is 11.4 Å². The van der Waals surface area contributed by atoms with Crippen molar-refractivity contribution in [1.82, 2.24) is 0 Å². The predicted molar refractivity (Wildman–Crippen MR) is 118 cm³/mol. The fourth-order valence-electron chi connectivity index (χ4n) is 2.96. The fourth-order valence-corrected chi connectivity index (χ4v) is 3.92. The number of aryl methyl sites for hydroxylation is 3. The van der Waals surface area contributed by atoms with Crippen LogP contribution in [0.3, 0.4) is 0 Å². The van der Waals surface area contributed by atoms with Crippen LogP contribution in [0.25, 0.3) is 0 Å². The third-order valence-corrected chi connectivity index (χ3v) is 6.07. The second-order valence-electron chi connectivity index (χ2n) is 7.28. The quantitative estimate of drug-likeness (QED) is 0.644. The summed E-state index contributed by atoms with van der Waals surface area (Å²) in [5, 5.41) is 2.78. The van der Waals surface area contributed by atoms with Crippen molar-refractivity contribution in [2.24, 2.45) is 0 Å². The first-order valence-corrected chi connectivity index (χ1v) is 11.4. The zero-order chi connectivity index (χ0) is 22.5. The van der Waals surface area contributed by atoms with E-state index in [1.807, 2.05) is 32.9 Å². The smallest absolute Gasteiger partial charge is 0.337 e. The van der Waals surface area contributed by atoms with Gasteiger partial charge in [-0.1, -0.05) is 12.1 Å². The standard InChI is InChI=1S/C22H28N2O5S/c1-15-9-11-19(13-17(15)3)24(30(5,27)28)12-6-7-21(25)23-20-14-18(22(26)29-4)10-8-16(20)2/h8-11,13-14H,6-7,12H2,1-5H3,(H,23,25). The molecule has 2 rings (SSSR count). The highest BCUT2D eigenvalue weighted by atomic mass is 32.2. The van der Waals surface area contributed by atoms with Crippen LogP contribution < -0.4 is 9.62 Å². The molecule has 0 aliphatic heterocycles. The van der Waals surface area contributed by atoms with E-state index in [1.165, 1.54) is 11.4 Å². The highest BCUT2D eigenvalue weighted by Crippen LogP contribution is 2.22. The lowest BCUT2D eigenvalue weighted by Crippen LogP contribution is -2.31. The highest BCUT2D eigenvalue weighted by molar-refractivity contribution is 7.92. The molecule has 0 aliphatic carbocycles. The molecule has 30 heavy (non-hydrogen) atoms. The van der Waals surface area contributed by atoms with Gasteiger partial charge in [-0.05, 0) is 68.1 Å². The van der Waals surface area contributed by atoms with Crippen LogP contribution in [-0.4, -0.2) is 40.2 Å². The van der Waals surface area contributed by atoms with Gasteiger partial charge in [0.15, 0.2) is 0 Å².